The van der Waals surface area contributed by atoms with Crippen LogP contribution in [0.1, 0.15) is 47.0 Å². The lowest BCUT2D eigenvalue weighted by Crippen LogP contribution is -2.18. The molecule has 1 aromatic rings. The van der Waals surface area contributed by atoms with E-state index in [2.05, 4.69) is 20.8 Å². The van der Waals surface area contributed by atoms with Crippen molar-refractivity contribution in [3.63, 3.8) is 0 Å². The van der Waals surface area contributed by atoms with E-state index in [4.69, 9.17) is 21.1 Å². The molecule has 0 aliphatic rings. The van der Waals surface area contributed by atoms with Crippen molar-refractivity contribution < 1.29 is 19.1 Å². The summed E-state index contributed by atoms with van der Waals surface area (Å²) in [6.07, 6.45) is 0.970. The van der Waals surface area contributed by atoms with Gasteiger partial charge >= 0.3 is 11.9 Å². The number of benzene rings is 1. The Balaban J connectivity index is 2.26. The van der Waals surface area contributed by atoms with Crippen molar-refractivity contribution in [1.82, 2.24) is 0 Å². The molecule has 1 aromatic carbocycles. The van der Waals surface area contributed by atoms with E-state index in [0.717, 1.165) is 6.42 Å². The Morgan fingerprint density at radius 3 is 2.43 bits per heavy atom. The molecule has 1 unspecified atom stereocenters. The van der Waals surface area contributed by atoms with Gasteiger partial charge in [-0.1, -0.05) is 45.4 Å². The maximum absolute atomic E-state index is 11.7. The van der Waals surface area contributed by atoms with E-state index in [1.165, 1.54) is 0 Å². The van der Waals surface area contributed by atoms with Gasteiger partial charge in [-0.05, 0) is 36.0 Å². The molecule has 0 heterocycles. The molecule has 0 saturated carbocycles. The molecule has 0 aromatic heterocycles. The Morgan fingerprint density at radius 1 is 1.17 bits per heavy atom. The van der Waals surface area contributed by atoms with Crippen molar-refractivity contribution in [2.45, 2.75) is 47.0 Å². The summed E-state index contributed by atoms with van der Waals surface area (Å²) in [6, 6.07) is 6.56. The maximum atomic E-state index is 11.7. The fourth-order valence-electron chi connectivity index (χ4n) is 2.33. The van der Waals surface area contributed by atoms with E-state index in [1.54, 1.807) is 24.3 Å². The van der Waals surface area contributed by atoms with Crippen LogP contribution in [0.3, 0.4) is 0 Å². The molecular weight excluding hydrogens is 316 g/mol. The monoisotopic (exact) mass is 340 g/mol. The smallest absolute Gasteiger partial charge is 0.311 e. The minimum atomic E-state index is -0.480. The third-order valence-electron chi connectivity index (χ3n) is 3.05. The van der Waals surface area contributed by atoms with E-state index in [-0.39, 0.29) is 30.1 Å². The molecule has 0 aliphatic heterocycles. The summed E-state index contributed by atoms with van der Waals surface area (Å²) in [4.78, 5) is 23.4. The van der Waals surface area contributed by atoms with Gasteiger partial charge in [0.1, 0.15) is 5.75 Å². The third-order valence-corrected chi connectivity index (χ3v) is 3.29. The van der Waals surface area contributed by atoms with Crippen LogP contribution in [0.15, 0.2) is 24.3 Å². The van der Waals surface area contributed by atoms with E-state index in [9.17, 15) is 9.59 Å². The number of ether oxygens (including phenoxy) is 2. The Morgan fingerprint density at radius 2 is 1.83 bits per heavy atom. The predicted octanol–water partition coefficient (Wildman–Crippen LogP) is 4.64. The molecule has 0 spiro atoms. The number of carbonyl (C=O) groups excluding carboxylic acids is 2. The third kappa shape index (κ3) is 9.24. The molecule has 0 fully saturated rings. The Kier molecular flexibility index (Phi) is 7.56. The van der Waals surface area contributed by atoms with Crippen LogP contribution in [0.5, 0.6) is 5.75 Å². The lowest BCUT2D eigenvalue weighted by atomic mass is 9.86. The predicted molar refractivity (Wildman–Crippen MR) is 90.5 cm³/mol. The quantitative estimate of drug-likeness (QED) is 0.536. The summed E-state index contributed by atoms with van der Waals surface area (Å²) in [5.41, 5.74) is 0.201. The average molecular weight is 341 g/mol. The largest absolute Gasteiger partial charge is 0.465 e. The van der Waals surface area contributed by atoms with Crippen LogP contribution in [0.2, 0.25) is 5.02 Å². The summed E-state index contributed by atoms with van der Waals surface area (Å²) in [5.74, 6) is -0.201. The molecule has 5 heteroatoms. The van der Waals surface area contributed by atoms with E-state index >= 15 is 0 Å². The second kappa shape index (κ2) is 8.92. The van der Waals surface area contributed by atoms with Crippen LogP contribution < -0.4 is 4.74 Å². The Bertz CT molecular complexity index is 534. The van der Waals surface area contributed by atoms with Crippen molar-refractivity contribution in [3.8, 4) is 5.75 Å². The SMILES string of the molecule is CC(COC(=O)CCC(=O)Oc1cccc(Cl)c1)CC(C)(C)C. The first kappa shape index (κ1) is 19.5. The topological polar surface area (TPSA) is 52.6 Å². The lowest BCUT2D eigenvalue weighted by molar-refractivity contribution is -0.148. The molecule has 23 heavy (non-hydrogen) atoms. The van der Waals surface area contributed by atoms with Gasteiger partial charge in [0, 0.05) is 5.02 Å². The van der Waals surface area contributed by atoms with Gasteiger partial charge in [0.25, 0.3) is 0 Å². The molecular formula is C18H25ClO4. The highest BCUT2D eigenvalue weighted by molar-refractivity contribution is 6.30. The van der Waals surface area contributed by atoms with Crippen molar-refractivity contribution >= 4 is 23.5 Å². The van der Waals surface area contributed by atoms with Gasteiger partial charge < -0.3 is 9.47 Å². The first-order valence-corrected chi connectivity index (χ1v) is 8.15. The summed E-state index contributed by atoms with van der Waals surface area (Å²) in [6.45, 7) is 8.87. The maximum Gasteiger partial charge on any atom is 0.311 e. The summed E-state index contributed by atoms with van der Waals surface area (Å²) >= 11 is 5.81. The van der Waals surface area contributed by atoms with Crippen LogP contribution >= 0.6 is 11.6 Å². The van der Waals surface area contributed by atoms with Crippen LogP contribution in [0.4, 0.5) is 0 Å². The minimum absolute atomic E-state index is 0.0149. The summed E-state index contributed by atoms with van der Waals surface area (Å²) in [7, 11) is 0. The van der Waals surface area contributed by atoms with Gasteiger partial charge in [0.2, 0.25) is 0 Å². The van der Waals surface area contributed by atoms with Crippen LogP contribution in [-0.2, 0) is 14.3 Å². The standard InChI is InChI=1S/C18H25ClO4/c1-13(11-18(2,3)4)12-22-16(20)8-9-17(21)23-15-7-5-6-14(19)10-15/h5-7,10,13H,8-9,11-12H2,1-4H3. The fraction of sp³-hybridized carbons (Fsp3) is 0.556. The van der Waals surface area contributed by atoms with Crippen molar-refractivity contribution in [2.24, 2.45) is 11.3 Å². The Hall–Kier alpha value is -1.55. The molecule has 0 bridgehead atoms. The molecule has 128 valence electrons. The zero-order valence-corrected chi connectivity index (χ0v) is 15.0. The molecule has 0 amide bonds. The van der Waals surface area contributed by atoms with Gasteiger partial charge in [-0.15, -0.1) is 0 Å². The van der Waals surface area contributed by atoms with Crippen LogP contribution in [-0.4, -0.2) is 18.5 Å². The first-order chi connectivity index (χ1) is 10.7. The first-order valence-electron chi connectivity index (χ1n) is 7.77. The average Bonchev–Trinajstić information content (AvgIpc) is 2.41. The van der Waals surface area contributed by atoms with Gasteiger partial charge in [0.15, 0.2) is 0 Å². The number of rotatable bonds is 7. The number of hydrogen-bond acceptors (Lipinski definition) is 4. The zero-order valence-electron chi connectivity index (χ0n) is 14.2. The minimum Gasteiger partial charge on any atom is -0.465 e. The van der Waals surface area contributed by atoms with Gasteiger partial charge in [-0.3, -0.25) is 9.59 Å². The van der Waals surface area contributed by atoms with Crippen molar-refractivity contribution in [1.29, 1.82) is 0 Å². The van der Waals surface area contributed by atoms with E-state index in [1.807, 2.05) is 6.92 Å². The summed E-state index contributed by atoms with van der Waals surface area (Å²) in [5, 5.41) is 0.488. The highest BCUT2D eigenvalue weighted by atomic mass is 35.5. The molecule has 1 rings (SSSR count). The highest BCUT2D eigenvalue weighted by Crippen LogP contribution is 2.24. The molecule has 0 N–H and O–H groups in total. The van der Waals surface area contributed by atoms with Crippen molar-refractivity contribution in [3.05, 3.63) is 29.3 Å². The molecule has 0 saturated heterocycles. The number of esters is 2. The molecule has 1 atom stereocenters. The van der Waals surface area contributed by atoms with E-state index < -0.39 is 5.97 Å². The fourth-order valence-corrected chi connectivity index (χ4v) is 2.51. The Labute approximate surface area is 143 Å². The highest BCUT2D eigenvalue weighted by Gasteiger charge is 2.17. The van der Waals surface area contributed by atoms with Gasteiger partial charge in [0.05, 0.1) is 19.4 Å². The second-order valence-corrected chi connectivity index (χ2v) is 7.42. The van der Waals surface area contributed by atoms with Crippen molar-refractivity contribution in [2.75, 3.05) is 6.61 Å². The number of carbonyl (C=O) groups is 2. The number of hydrogen-bond donors (Lipinski definition) is 0. The molecule has 0 radical (unpaired) electrons. The van der Waals surface area contributed by atoms with Gasteiger partial charge in [-0.25, -0.2) is 0 Å². The number of halogens is 1. The lowest BCUT2D eigenvalue weighted by Gasteiger charge is -2.22. The van der Waals surface area contributed by atoms with E-state index in [0.29, 0.717) is 17.4 Å². The molecule has 4 nitrogen and oxygen atoms in total. The second-order valence-electron chi connectivity index (χ2n) is 6.98. The normalized spacial score (nSPS) is 12.6. The molecule has 0 aliphatic carbocycles. The zero-order chi connectivity index (χ0) is 17.5. The summed E-state index contributed by atoms with van der Waals surface area (Å²) < 4.78 is 10.3. The van der Waals surface area contributed by atoms with Crippen LogP contribution in [0, 0.1) is 11.3 Å². The van der Waals surface area contributed by atoms with Crippen LogP contribution in [0.25, 0.3) is 0 Å². The van der Waals surface area contributed by atoms with Gasteiger partial charge in [-0.2, -0.15) is 0 Å².